The van der Waals surface area contributed by atoms with Crippen molar-refractivity contribution < 1.29 is 4.74 Å². The topological polar surface area (TPSA) is 57.0 Å². The summed E-state index contributed by atoms with van der Waals surface area (Å²) in [4.78, 5) is 12.1. The summed E-state index contributed by atoms with van der Waals surface area (Å²) in [5, 5.41) is 8.95. The van der Waals surface area contributed by atoms with Crippen molar-refractivity contribution in [1.29, 1.82) is 0 Å². The highest BCUT2D eigenvalue weighted by molar-refractivity contribution is 6.35. The van der Waals surface area contributed by atoms with Crippen molar-refractivity contribution in [3.05, 3.63) is 79.9 Å². The molecule has 126 valence electrons. The molecule has 0 bridgehead atoms. The molecule has 4 rings (SSSR count). The second kappa shape index (κ2) is 6.50. The van der Waals surface area contributed by atoms with Gasteiger partial charge >= 0.3 is 0 Å². The number of nitrogens with zero attached hydrogens (tertiary/aromatic N) is 3. The van der Waals surface area contributed by atoms with Crippen molar-refractivity contribution in [1.82, 2.24) is 14.8 Å². The molecule has 25 heavy (non-hydrogen) atoms. The number of ether oxygens (including phenoxy) is 1. The number of hydrogen-bond acceptors (Lipinski definition) is 4. The molecule has 1 aliphatic rings. The summed E-state index contributed by atoms with van der Waals surface area (Å²) in [6, 6.07) is 11.0. The van der Waals surface area contributed by atoms with Crippen LogP contribution in [0.15, 0.2) is 47.4 Å². The molecular formula is C18H13Cl2N3O2. The molecule has 0 aliphatic carbocycles. The highest BCUT2D eigenvalue weighted by atomic mass is 35.5. The van der Waals surface area contributed by atoms with Crippen molar-refractivity contribution in [3.63, 3.8) is 0 Å². The third-order valence-electron chi connectivity index (χ3n) is 4.14. The van der Waals surface area contributed by atoms with E-state index < -0.39 is 0 Å². The van der Waals surface area contributed by atoms with Crippen LogP contribution in [0.5, 0.6) is 5.75 Å². The van der Waals surface area contributed by atoms with E-state index in [4.69, 9.17) is 27.9 Å². The van der Waals surface area contributed by atoms with E-state index in [0.29, 0.717) is 28.9 Å². The van der Waals surface area contributed by atoms with Gasteiger partial charge in [-0.3, -0.25) is 9.36 Å². The number of hydrogen-bond donors (Lipinski definition) is 0. The van der Waals surface area contributed by atoms with Crippen molar-refractivity contribution >= 4 is 23.2 Å². The Balaban J connectivity index is 1.60. The molecule has 1 aliphatic heterocycles. The van der Waals surface area contributed by atoms with E-state index in [9.17, 15) is 4.79 Å². The molecule has 7 heteroatoms. The van der Waals surface area contributed by atoms with Gasteiger partial charge in [-0.15, -0.1) is 5.10 Å². The quantitative estimate of drug-likeness (QED) is 0.703. The maximum atomic E-state index is 12.1. The van der Waals surface area contributed by atoms with E-state index in [2.05, 4.69) is 10.2 Å². The van der Waals surface area contributed by atoms with E-state index in [1.165, 1.54) is 6.20 Å². The van der Waals surface area contributed by atoms with Crippen LogP contribution >= 0.6 is 23.2 Å². The standard InChI is InChI=1S/C18H13Cl2N3O2/c19-13-3-1-12(15(20)8-13)10-25-14-4-5-16-11(7-14)2-6-17-22-21-9-18(24)23(16)17/h1,3-5,7-9H,2,6,10H2. The molecule has 0 radical (unpaired) electrons. The van der Waals surface area contributed by atoms with Crippen molar-refractivity contribution in [2.45, 2.75) is 19.4 Å². The van der Waals surface area contributed by atoms with Crippen LogP contribution in [0.1, 0.15) is 17.0 Å². The molecule has 2 heterocycles. The predicted octanol–water partition coefficient (Wildman–Crippen LogP) is 3.61. The molecule has 2 aromatic carbocycles. The fourth-order valence-corrected chi connectivity index (χ4v) is 3.37. The molecule has 0 fully saturated rings. The Bertz CT molecular complexity index is 1020. The van der Waals surface area contributed by atoms with Crippen LogP contribution in [-0.4, -0.2) is 14.8 Å². The minimum absolute atomic E-state index is 0.174. The molecule has 5 nitrogen and oxygen atoms in total. The summed E-state index contributed by atoms with van der Waals surface area (Å²) in [6.45, 7) is 0.344. The van der Waals surface area contributed by atoms with Crippen molar-refractivity contribution in [2.75, 3.05) is 0 Å². The predicted molar refractivity (Wildman–Crippen MR) is 95.8 cm³/mol. The monoisotopic (exact) mass is 373 g/mol. The Labute approximate surface area is 153 Å². The fraction of sp³-hybridized carbons (Fsp3) is 0.167. The number of halogens is 2. The van der Waals surface area contributed by atoms with Gasteiger partial charge in [0.25, 0.3) is 5.56 Å². The molecule has 0 atom stereocenters. The fourth-order valence-electron chi connectivity index (χ4n) is 2.91. The smallest absolute Gasteiger partial charge is 0.276 e. The SMILES string of the molecule is O=c1cnnc2n1-c1ccc(OCc3ccc(Cl)cc3Cl)cc1CC2. The Morgan fingerprint density at radius 2 is 2.00 bits per heavy atom. The summed E-state index contributed by atoms with van der Waals surface area (Å²) in [6.07, 6.45) is 2.68. The van der Waals surface area contributed by atoms with Gasteiger partial charge in [-0.05, 0) is 42.3 Å². The van der Waals surface area contributed by atoms with E-state index in [1.54, 1.807) is 16.7 Å². The zero-order chi connectivity index (χ0) is 17.4. The van der Waals surface area contributed by atoms with Crippen LogP contribution < -0.4 is 10.3 Å². The van der Waals surface area contributed by atoms with Crippen LogP contribution in [0.25, 0.3) is 5.69 Å². The van der Waals surface area contributed by atoms with E-state index in [1.807, 2.05) is 24.3 Å². The highest BCUT2D eigenvalue weighted by Crippen LogP contribution is 2.27. The van der Waals surface area contributed by atoms with Gasteiger partial charge in [0.15, 0.2) is 0 Å². The van der Waals surface area contributed by atoms with E-state index in [0.717, 1.165) is 29.0 Å². The molecule has 0 saturated heterocycles. The zero-order valence-electron chi connectivity index (χ0n) is 13.1. The van der Waals surface area contributed by atoms with Crippen LogP contribution in [-0.2, 0) is 19.4 Å². The second-order valence-corrected chi connectivity index (χ2v) is 6.59. The minimum Gasteiger partial charge on any atom is -0.489 e. The first-order chi connectivity index (χ1) is 12.1. The van der Waals surface area contributed by atoms with Gasteiger partial charge in [0.2, 0.25) is 0 Å². The largest absolute Gasteiger partial charge is 0.489 e. The van der Waals surface area contributed by atoms with Crippen LogP contribution in [0, 0.1) is 0 Å². The maximum absolute atomic E-state index is 12.1. The van der Waals surface area contributed by atoms with Crippen molar-refractivity contribution in [2.24, 2.45) is 0 Å². The number of rotatable bonds is 3. The summed E-state index contributed by atoms with van der Waals surface area (Å²) < 4.78 is 7.46. The van der Waals surface area contributed by atoms with E-state index in [-0.39, 0.29) is 5.56 Å². The number of aromatic nitrogens is 3. The summed E-state index contributed by atoms with van der Waals surface area (Å²) >= 11 is 12.1. The molecule has 1 aromatic heterocycles. The highest BCUT2D eigenvalue weighted by Gasteiger charge is 2.18. The van der Waals surface area contributed by atoms with Gasteiger partial charge in [-0.2, -0.15) is 5.10 Å². The molecule has 0 amide bonds. The van der Waals surface area contributed by atoms with Crippen LogP contribution in [0.3, 0.4) is 0 Å². The third-order valence-corrected chi connectivity index (χ3v) is 4.73. The lowest BCUT2D eigenvalue weighted by Crippen LogP contribution is -2.28. The summed E-state index contributed by atoms with van der Waals surface area (Å²) in [7, 11) is 0. The molecule has 0 spiro atoms. The van der Waals surface area contributed by atoms with Crippen molar-refractivity contribution in [3.8, 4) is 11.4 Å². The normalized spacial score (nSPS) is 12.4. The molecule has 3 aromatic rings. The lowest BCUT2D eigenvalue weighted by atomic mass is 10.0. The average Bonchev–Trinajstić information content (AvgIpc) is 2.60. The Morgan fingerprint density at radius 1 is 1.12 bits per heavy atom. The van der Waals surface area contributed by atoms with Gasteiger partial charge in [-0.25, -0.2) is 0 Å². The number of aryl methyl sites for hydroxylation is 2. The van der Waals surface area contributed by atoms with Gasteiger partial charge in [0.05, 0.1) is 5.69 Å². The summed E-state index contributed by atoms with van der Waals surface area (Å²) in [5.41, 5.74) is 2.56. The van der Waals surface area contributed by atoms with Gasteiger partial charge < -0.3 is 4.74 Å². The minimum atomic E-state index is -0.174. The zero-order valence-corrected chi connectivity index (χ0v) is 14.6. The Kier molecular flexibility index (Phi) is 4.19. The summed E-state index contributed by atoms with van der Waals surface area (Å²) in [5.74, 6) is 1.41. The van der Waals surface area contributed by atoms with Gasteiger partial charge in [0, 0.05) is 22.0 Å². The van der Waals surface area contributed by atoms with E-state index >= 15 is 0 Å². The first kappa shape index (κ1) is 16.1. The Morgan fingerprint density at radius 3 is 2.84 bits per heavy atom. The Hall–Kier alpha value is -2.37. The van der Waals surface area contributed by atoms with Crippen LogP contribution in [0.2, 0.25) is 10.0 Å². The second-order valence-electron chi connectivity index (χ2n) is 5.75. The molecular weight excluding hydrogens is 361 g/mol. The molecule has 0 N–H and O–H groups in total. The third kappa shape index (κ3) is 3.13. The lowest BCUT2D eigenvalue weighted by Gasteiger charge is -2.20. The van der Waals surface area contributed by atoms with Crippen LogP contribution in [0.4, 0.5) is 0 Å². The number of fused-ring (bicyclic) bond motifs is 3. The lowest BCUT2D eigenvalue weighted by molar-refractivity contribution is 0.306. The molecule has 0 saturated carbocycles. The average molecular weight is 374 g/mol. The first-order valence-electron chi connectivity index (χ1n) is 7.75. The first-order valence-corrected chi connectivity index (χ1v) is 8.51. The maximum Gasteiger partial charge on any atom is 0.276 e. The molecule has 0 unspecified atom stereocenters. The van der Waals surface area contributed by atoms with Gasteiger partial charge in [-0.1, -0.05) is 29.3 Å². The van der Waals surface area contributed by atoms with Gasteiger partial charge in [0.1, 0.15) is 24.4 Å². The number of benzene rings is 2.